The van der Waals surface area contributed by atoms with Crippen molar-refractivity contribution >= 4 is 11.9 Å². The highest BCUT2D eigenvalue weighted by Gasteiger charge is 2.46. The van der Waals surface area contributed by atoms with Gasteiger partial charge >= 0.3 is 5.97 Å². The van der Waals surface area contributed by atoms with Crippen LogP contribution < -0.4 is 10.6 Å². The highest BCUT2D eigenvalue weighted by Crippen LogP contribution is 2.38. The zero-order chi connectivity index (χ0) is 12.5. The van der Waals surface area contributed by atoms with Crippen LogP contribution in [0.5, 0.6) is 0 Å². The second-order valence-electron chi connectivity index (χ2n) is 5.32. The third kappa shape index (κ3) is 2.29. The lowest BCUT2D eigenvalue weighted by atomic mass is 9.85. The molecule has 1 aliphatic heterocycles. The fourth-order valence-corrected chi connectivity index (χ4v) is 2.83. The fourth-order valence-electron chi connectivity index (χ4n) is 2.83. The molecule has 0 aromatic rings. The number of carbonyl (C=O) groups is 2. The molecule has 2 rings (SSSR count). The van der Waals surface area contributed by atoms with Gasteiger partial charge in [-0.25, -0.2) is 0 Å². The van der Waals surface area contributed by atoms with E-state index in [0.29, 0.717) is 6.42 Å². The van der Waals surface area contributed by atoms with Gasteiger partial charge in [-0.15, -0.1) is 0 Å². The molecule has 96 valence electrons. The van der Waals surface area contributed by atoms with E-state index in [4.69, 9.17) is 0 Å². The second kappa shape index (κ2) is 4.64. The monoisotopic (exact) mass is 240 g/mol. The SMILES string of the molecule is CC1(C(=O)O)CCCC1NC(=O)[C@@H]1CCCN1. The lowest BCUT2D eigenvalue weighted by Gasteiger charge is -2.28. The quantitative estimate of drug-likeness (QED) is 0.671. The first-order valence-corrected chi connectivity index (χ1v) is 6.31. The van der Waals surface area contributed by atoms with Gasteiger partial charge < -0.3 is 15.7 Å². The van der Waals surface area contributed by atoms with Crippen LogP contribution in [0.3, 0.4) is 0 Å². The number of hydrogen-bond donors (Lipinski definition) is 3. The predicted molar refractivity (Wildman–Crippen MR) is 62.5 cm³/mol. The molecule has 2 unspecified atom stereocenters. The topological polar surface area (TPSA) is 78.4 Å². The van der Waals surface area contributed by atoms with Crippen LogP contribution >= 0.6 is 0 Å². The molecule has 5 nitrogen and oxygen atoms in total. The van der Waals surface area contributed by atoms with Crippen molar-refractivity contribution < 1.29 is 14.7 Å². The lowest BCUT2D eigenvalue weighted by molar-refractivity contribution is -0.149. The summed E-state index contributed by atoms with van der Waals surface area (Å²) in [5, 5.41) is 15.3. The Morgan fingerprint density at radius 3 is 2.71 bits per heavy atom. The maximum absolute atomic E-state index is 11.9. The molecule has 2 fully saturated rings. The number of aliphatic carboxylic acids is 1. The average molecular weight is 240 g/mol. The van der Waals surface area contributed by atoms with Crippen LogP contribution in [-0.4, -0.2) is 35.6 Å². The van der Waals surface area contributed by atoms with Crippen molar-refractivity contribution in [3.05, 3.63) is 0 Å². The van der Waals surface area contributed by atoms with E-state index in [-0.39, 0.29) is 18.0 Å². The van der Waals surface area contributed by atoms with E-state index < -0.39 is 11.4 Å². The summed E-state index contributed by atoms with van der Waals surface area (Å²) >= 11 is 0. The fraction of sp³-hybridized carbons (Fsp3) is 0.833. The molecule has 0 spiro atoms. The van der Waals surface area contributed by atoms with Crippen molar-refractivity contribution in [2.75, 3.05) is 6.54 Å². The largest absolute Gasteiger partial charge is 0.481 e. The van der Waals surface area contributed by atoms with Crippen molar-refractivity contribution in [2.45, 2.75) is 51.1 Å². The van der Waals surface area contributed by atoms with Gasteiger partial charge in [-0.2, -0.15) is 0 Å². The molecular weight excluding hydrogens is 220 g/mol. The van der Waals surface area contributed by atoms with Gasteiger partial charge in [0.1, 0.15) is 0 Å². The summed E-state index contributed by atoms with van der Waals surface area (Å²) in [6.45, 7) is 2.61. The van der Waals surface area contributed by atoms with Gasteiger partial charge in [0, 0.05) is 6.04 Å². The molecule has 3 atom stereocenters. The van der Waals surface area contributed by atoms with Crippen LogP contribution in [0.15, 0.2) is 0 Å². The molecule has 1 heterocycles. The lowest BCUT2D eigenvalue weighted by Crippen LogP contribution is -2.51. The number of carboxylic acid groups (broad SMARTS) is 1. The Labute approximate surface area is 101 Å². The number of amides is 1. The maximum atomic E-state index is 11.9. The molecule has 0 aromatic carbocycles. The van der Waals surface area contributed by atoms with E-state index in [1.807, 2.05) is 0 Å². The van der Waals surface area contributed by atoms with Crippen LogP contribution in [0.4, 0.5) is 0 Å². The van der Waals surface area contributed by atoms with E-state index in [0.717, 1.165) is 32.2 Å². The Balaban J connectivity index is 1.98. The van der Waals surface area contributed by atoms with Gasteiger partial charge in [0.2, 0.25) is 5.91 Å². The Kier molecular flexibility index (Phi) is 3.38. The average Bonchev–Trinajstić information content (AvgIpc) is 2.89. The normalized spacial score (nSPS) is 37.0. The first-order valence-electron chi connectivity index (χ1n) is 6.31. The Bertz CT molecular complexity index is 326. The summed E-state index contributed by atoms with van der Waals surface area (Å²) in [7, 11) is 0. The van der Waals surface area contributed by atoms with Crippen LogP contribution in [0.1, 0.15) is 39.0 Å². The molecule has 1 saturated heterocycles. The second-order valence-corrected chi connectivity index (χ2v) is 5.32. The molecule has 17 heavy (non-hydrogen) atoms. The molecular formula is C12H20N2O3. The number of carboxylic acids is 1. The van der Waals surface area contributed by atoms with Crippen LogP contribution in [0.2, 0.25) is 0 Å². The summed E-state index contributed by atoms with van der Waals surface area (Å²) in [6.07, 6.45) is 4.14. The molecule has 5 heteroatoms. The molecule has 1 aliphatic carbocycles. The van der Waals surface area contributed by atoms with E-state index >= 15 is 0 Å². The maximum Gasteiger partial charge on any atom is 0.311 e. The summed E-state index contributed by atoms with van der Waals surface area (Å²) < 4.78 is 0. The summed E-state index contributed by atoms with van der Waals surface area (Å²) in [5.41, 5.74) is -0.797. The highest BCUT2D eigenvalue weighted by molar-refractivity contribution is 5.84. The minimum absolute atomic E-state index is 0.0399. The Hall–Kier alpha value is -1.10. The summed E-state index contributed by atoms with van der Waals surface area (Å²) in [5.74, 6) is -0.846. The minimum Gasteiger partial charge on any atom is -0.481 e. The molecule has 0 aromatic heterocycles. The van der Waals surface area contributed by atoms with Gasteiger partial charge in [-0.05, 0) is 39.2 Å². The smallest absolute Gasteiger partial charge is 0.311 e. The molecule has 0 bridgehead atoms. The molecule has 0 radical (unpaired) electrons. The summed E-state index contributed by atoms with van der Waals surface area (Å²) in [4.78, 5) is 23.2. The predicted octanol–water partition coefficient (Wildman–Crippen LogP) is 0.498. The van der Waals surface area contributed by atoms with Gasteiger partial charge in [-0.3, -0.25) is 9.59 Å². The number of hydrogen-bond acceptors (Lipinski definition) is 3. The van der Waals surface area contributed by atoms with Gasteiger partial charge in [0.15, 0.2) is 0 Å². The first kappa shape index (κ1) is 12.4. The van der Waals surface area contributed by atoms with Crippen LogP contribution in [0.25, 0.3) is 0 Å². The van der Waals surface area contributed by atoms with Crippen molar-refractivity contribution in [2.24, 2.45) is 5.41 Å². The van der Waals surface area contributed by atoms with E-state index in [1.165, 1.54) is 0 Å². The zero-order valence-electron chi connectivity index (χ0n) is 10.2. The minimum atomic E-state index is -0.806. The molecule has 2 aliphatic rings. The van der Waals surface area contributed by atoms with E-state index in [9.17, 15) is 14.7 Å². The van der Waals surface area contributed by atoms with Gasteiger partial charge in [0.05, 0.1) is 11.5 Å². The van der Waals surface area contributed by atoms with Crippen LogP contribution in [0, 0.1) is 5.41 Å². The number of rotatable bonds is 3. The van der Waals surface area contributed by atoms with Gasteiger partial charge in [-0.1, -0.05) is 6.42 Å². The highest BCUT2D eigenvalue weighted by atomic mass is 16.4. The Morgan fingerprint density at radius 1 is 1.35 bits per heavy atom. The van der Waals surface area contributed by atoms with Crippen LogP contribution in [-0.2, 0) is 9.59 Å². The van der Waals surface area contributed by atoms with Crippen molar-refractivity contribution in [3.63, 3.8) is 0 Å². The standard InChI is InChI=1S/C12H20N2O3/c1-12(11(16)17)6-2-5-9(12)14-10(15)8-4-3-7-13-8/h8-9,13H,2-7H2,1H3,(H,14,15)(H,16,17)/t8-,9?,12?/m0/s1. The summed E-state index contributed by atoms with van der Waals surface area (Å²) in [6, 6.07) is -0.358. The van der Waals surface area contributed by atoms with Crippen molar-refractivity contribution in [1.29, 1.82) is 0 Å². The van der Waals surface area contributed by atoms with E-state index in [1.54, 1.807) is 6.92 Å². The zero-order valence-corrected chi connectivity index (χ0v) is 10.2. The molecule has 1 saturated carbocycles. The Morgan fingerprint density at radius 2 is 2.12 bits per heavy atom. The van der Waals surface area contributed by atoms with Crippen molar-refractivity contribution in [1.82, 2.24) is 10.6 Å². The molecule has 1 amide bonds. The third-order valence-corrected chi connectivity index (χ3v) is 4.14. The van der Waals surface area contributed by atoms with E-state index in [2.05, 4.69) is 10.6 Å². The third-order valence-electron chi connectivity index (χ3n) is 4.14. The van der Waals surface area contributed by atoms with Crippen molar-refractivity contribution in [3.8, 4) is 0 Å². The van der Waals surface area contributed by atoms with Gasteiger partial charge in [0.25, 0.3) is 0 Å². The first-order chi connectivity index (χ1) is 8.04. The number of carbonyl (C=O) groups excluding carboxylic acids is 1. The molecule has 3 N–H and O–H groups in total. The number of nitrogens with one attached hydrogen (secondary N) is 2.